The Bertz CT molecular complexity index is 441. The Balaban J connectivity index is 2.29. The largest absolute Gasteiger partial charge is 0.396 e. The maximum absolute atomic E-state index is 13.8. The molecule has 1 saturated heterocycles. The van der Waals surface area contributed by atoms with Crippen LogP contribution in [-0.4, -0.2) is 34.4 Å². The lowest BCUT2D eigenvalue weighted by molar-refractivity contribution is -0.130. The molecule has 0 bridgehead atoms. The summed E-state index contributed by atoms with van der Waals surface area (Å²) in [6.45, 7) is 0.301. The lowest BCUT2D eigenvalue weighted by atomic mass is 10.0. The van der Waals surface area contributed by atoms with E-state index in [4.69, 9.17) is 16.7 Å². The predicted octanol–water partition coefficient (Wildman–Crippen LogP) is 2.09. The quantitative estimate of drug-likeness (QED) is 0.852. The van der Waals surface area contributed by atoms with Gasteiger partial charge in [-0.05, 0) is 12.5 Å². The Morgan fingerprint density at radius 1 is 1.50 bits per heavy atom. The highest BCUT2D eigenvalue weighted by Crippen LogP contribution is 2.31. The van der Waals surface area contributed by atoms with Crippen LogP contribution in [0.5, 0.6) is 0 Å². The Labute approximate surface area is 110 Å². The van der Waals surface area contributed by atoms with Gasteiger partial charge in [-0.2, -0.15) is 0 Å². The van der Waals surface area contributed by atoms with Crippen LogP contribution in [0.3, 0.4) is 0 Å². The van der Waals surface area contributed by atoms with Crippen LogP contribution in [0, 0.1) is 5.82 Å². The molecule has 98 valence electrons. The molecule has 1 amide bonds. The van der Waals surface area contributed by atoms with Gasteiger partial charge in [0.2, 0.25) is 5.91 Å². The minimum Gasteiger partial charge on any atom is -0.396 e. The fraction of sp³-hybridized carbons (Fsp3) is 0.462. The zero-order valence-corrected chi connectivity index (χ0v) is 10.6. The third kappa shape index (κ3) is 2.65. The molecule has 0 spiro atoms. The number of carbonyl (C=O) groups excluding carboxylic acids is 1. The number of hydrogen-bond donors (Lipinski definition) is 1. The van der Waals surface area contributed by atoms with Gasteiger partial charge < -0.3 is 10.0 Å². The molecular weight excluding hydrogens is 257 g/mol. The van der Waals surface area contributed by atoms with Gasteiger partial charge in [0.15, 0.2) is 0 Å². The van der Waals surface area contributed by atoms with Gasteiger partial charge in [-0.15, -0.1) is 11.6 Å². The van der Waals surface area contributed by atoms with Crippen molar-refractivity contribution in [1.29, 1.82) is 0 Å². The smallest absolute Gasteiger partial charge is 0.224 e. The summed E-state index contributed by atoms with van der Waals surface area (Å²) in [5.41, 5.74) is 0.436. The van der Waals surface area contributed by atoms with Crippen LogP contribution in [0.4, 0.5) is 4.39 Å². The van der Waals surface area contributed by atoms with Gasteiger partial charge in [-0.3, -0.25) is 4.79 Å². The van der Waals surface area contributed by atoms with Gasteiger partial charge >= 0.3 is 0 Å². The predicted molar refractivity (Wildman–Crippen MR) is 66.8 cm³/mol. The topological polar surface area (TPSA) is 40.5 Å². The number of aliphatic hydroxyl groups excluding tert-OH is 1. The molecule has 0 aromatic heterocycles. The monoisotopic (exact) mass is 271 g/mol. The highest BCUT2D eigenvalue weighted by molar-refractivity contribution is 6.22. The van der Waals surface area contributed by atoms with Gasteiger partial charge in [0.05, 0.1) is 11.4 Å². The summed E-state index contributed by atoms with van der Waals surface area (Å²) in [4.78, 5) is 13.4. The molecule has 2 atom stereocenters. The van der Waals surface area contributed by atoms with Gasteiger partial charge in [0, 0.05) is 25.1 Å². The number of carbonyl (C=O) groups is 1. The van der Waals surface area contributed by atoms with Crippen molar-refractivity contribution in [2.24, 2.45) is 0 Å². The fourth-order valence-electron chi connectivity index (χ4n) is 2.33. The standard InChI is InChI=1S/C13H15ClFNO2/c14-9-7-13(18)16(8-9)12(5-6-17)10-3-1-2-4-11(10)15/h1-4,9,12,17H,5-8H2. The molecule has 2 unspecified atom stereocenters. The van der Waals surface area contributed by atoms with E-state index < -0.39 is 6.04 Å². The second kappa shape index (κ2) is 5.67. The fourth-order valence-corrected chi connectivity index (χ4v) is 2.62. The number of rotatable bonds is 4. The molecule has 1 N–H and O–H groups in total. The van der Waals surface area contributed by atoms with Gasteiger partial charge in [-0.1, -0.05) is 18.2 Å². The summed E-state index contributed by atoms with van der Waals surface area (Å²) in [6, 6.07) is 5.89. The number of halogens is 2. The lowest BCUT2D eigenvalue weighted by Crippen LogP contribution is -2.31. The van der Waals surface area contributed by atoms with Gasteiger partial charge in [-0.25, -0.2) is 4.39 Å². The van der Waals surface area contributed by atoms with E-state index in [1.165, 1.54) is 6.07 Å². The third-order valence-electron chi connectivity index (χ3n) is 3.15. The molecule has 0 aliphatic carbocycles. The molecule has 2 rings (SSSR count). The highest BCUT2D eigenvalue weighted by Gasteiger charge is 2.34. The molecule has 0 radical (unpaired) electrons. The Morgan fingerprint density at radius 3 is 2.78 bits per heavy atom. The zero-order chi connectivity index (χ0) is 13.1. The first-order valence-electron chi connectivity index (χ1n) is 5.92. The van der Waals surface area contributed by atoms with Crippen LogP contribution < -0.4 is 0 Å². The SMILES string of the molecule is O=C1CC(Cl)CN1C(CCO)c1ccccc1F. The first kappa shape index (κ1) is 13.3. The maximum atomic E-state index is 13.8. The number of alkyl halides is 1. The van der Waals surface area contributed by atoms with Gasteiger partial charge in [0.25, 0.3) is 0 Å². The molecule has 1 aromatic rings. The summed E-state index contributed by atoms with van der Waals surface area (Å²) in [5, 5.41) is 8.88. The molecular formula is C13H15ClFNO2. The Kier molecular flexibility index (Phi) is 4.19. The summed E-state index contributed by atoms with van der Waals surface area (Å²) >= 11 is 5.95. The van der Waals surface area contributed by atoms with Crippen LogP contribution >= 0.6 is 11.6 Å². The first-order valence-corrected chi connectivity index (χ1v) is 6.36. The molecule has 1 aliphatic rings. The van der Waals surface area contributed by atoms with Crippen LogP contribution in [0.25, 0.3) is 0 Å². The van der Waals surface area contributed by atoms with Crippen molar-refractivity contribution >= 4 is 17.5 Å². The van der Waals surface area contributed by atoms with Crippen LogP contribution in [0.1, 0.15) is 24.4 Å². The second-order valence-electron chi connectivity index (χ2n) is 4.40. The molecule has 1 fully saturated rings. The summed E-state index contributed by atoms with van der Waals surface area (Å²) in [6.07, 6.45) is 0.591. The Morgan fingerprint density at radius 2 is 2.22 bits per heavy atom. The van der Waals surface area contributed by atoms with Crippen molar-refractivity contribution in [1.82, 2.24) is 4.90 Å². The van der Waals surface area contributed by atoms with Crippen molar-refractivity contribution in [3.8, 4) is 0 Å². The van der Waals surface area contributed by atoms with E-state index in [-0.39, 0.29) is 30.1 Å². The van der Waals surface area contributed by atoms with E-state index >= 15 is 0 Å². The van der Waals surface area contributed by atoms with Crippen molar-refractivity contribution in [3.05, 3.63) is 35.6 Å². The molecule has 18 heavy (non-hydrogen) atoms. The van der Waals surface area contributed by atoms with E-state index in [1.807, 2.05) is 0 Å². The van der Waals surface area contributed by atoms with Crippen molar-refractivity contribution in [2.45, 2.75) is 24.3 Å². The van der Waals surface area contributed by atoms with E-state index in [0.29, 0.717) is 18.5 Å². The molecule has 3 nitrogen and oxygen atoms in total. The molecule has 1 aliphatic heterocycles. The number of aliphatic hydroxyl groups is 1. The van der Waals surface area contributed by atoms with E-state index in [1.54, 1.807) is 23.1 Å². The average Bonchev–Trinajstić information content (AvgIpc) is 2.66. The zero-order valence-electron chi connectivity index (χ0n) is 9.85. The minimum absolute atomic E-state index is 0.0864. The molecule has 5 heteroatoms. The molecule has 0 saturated carbocycles. The van der Waals surface area contributed by atoms with Crippen LogP contribution in [-0.2, 0) is 4.79 Å². The summed E-state index contributed by atoms with van der Waals surface area (Å²) < 4.78 is 13.8. The Hall–Kier alpha value is -1.13. The minimum atomic E-state index is -0.438. The summed E-state index contributed by atoms with van der Waals surface area (Å²) in [7, 11) is 0. The third-order valence-corrected chi connectivity index (χ3v) is 3.45. The summed E-state index contributed by atoms with van der Waals surface area (Å²) in [5.74, 6) is -0.446. The number of benzene rings is 1. The lowest BCUT2D eigenvalue weighted by Gasteiger charge is -2.28. The van der Waals surface area contributed by atoms with E-state index in [9.17, 15) is 9.18 Å². The van der Waals surface area contributed by atoms with Crippen LogP contribution in [0.2, 0.25) is 0 Å². The first-order chi connectivity index (χ1) is 8.63. The van der Waals surface area contributed by atoms with Crippen LogP contribution in [0.15, 0.2) is 24.3 Å². The van der Waals surface area contributed by atoms with Crippen molar-refractivity contribution in [3.63, 3.8) is 0 Å². The molecule has 1 aromatic carbocycles. The maximum Gasteiger partial charge on any atom is 0.224 e. The second-order valence-corrected chi connectivity index (χ2v) is 5.01. The van der Waals surface area contributed by atoms with E-state index in [2.05, 4.69) is 0 Å². The average molecular weight is 272 g/mol. The number of likely N-dealkylation sites (tertiary alicyclic amines) is 1. The van der Waals surface area contributed by atoms with Crippen molar-refractivity contribution in [2.75, 3.05) is 13.2 Å². The number of amides is 1. The number of hydrogen-bond acceptors (Lipinski definition) is 2. The number of nitrogens with zero attached hydrogens (tertiary/aromatic N) is 1. The van der Waals surface area contributed by atoms with Crippen molar-refractivity contribution < 1.29 is 14.3 Å². The molecule has 1 heterocycles. The van der Waals surface area contributed by atoms with Gasteiger partial charge in [0.1, 0.15) is 5.82 Å². The highest BCUT2D eigenvalue weighted by atomic mass is 35.5. The van der Waals surface area contributed by atoms with E-state index in [0.717, 1.165) is 0 Å². The normalized spacial score (nSPS) is 21.4.